The first-order chi connectivity index (χ1) is 17.9. The SMILES string of the molecule is CCOc1ccc(C2C(C(=O)Nc3ccccc3)=C(C)Nc3nc(-c4cccc([N+](=O)[O-])c4)nn32)cc1. The molecule has 10 heteroatoms. The fourth-order valence-corrected chi connectivity index (χ4v) is 4.27. The highest BCUT2D eigenvalue weighted by Crippen LogP contribution is 2.37. The van der Waals surface area contributed by atoms with Gasteiger partial charge in [0.05, 0.1) is 17.1 Å². The lowest BCUT2D eigenvalue weighted by atomic mass is 9.95. The number of benzene rings is 3. The Morgan fingerprint density at radius 1 is 1.11 bits per heavy atom. The molecule has 10 nitrogen and oxygen atoms in total. The third kappa shape index (κ3) is 4.76. The summed E-state index contributed by atoms with van der Waals surface area (Å²) in [6, 6.07) is 22.2. The van der Waals surface area contributed by atoms with Crippen molar-refractivity contribution in [3.63, 3.8) is 0 Å². The maximum Gasteiger partial charge on any atom is 0.270 e. The predicted molar refractivity (Wildman–Crippen MR) is 139 cm³/mol. The second-order valence-electron chi connectivity index (χ2n) is 8.40. The molecule has 186 valence electrons. The third-order valence-corrected chi connectivity index (χ3v) is 5.95. The van der Waals surface area contributed by atoms with Crippen LogP contribution in [0.3, 0.4) is 0 Å². The first kappa shape index (κ1) is 23.7. The van der Waals surface area contributed by atoms with E-state index in [4.69, 9.17) is 4.74 Å². The van der Waals surface area contributed by atoms with Crippen LogP contribution in [0.2, 0.25) is 0 Å². The number of nitro benzene ring substituents is 1. The zero-order chi connectivity index (χ0) is 25.9. The summed E-state index contributed by atoms with van der Waals surface area (Å²) in [4.78, 5) is 29.0. The molecule has 1 aliphatic rings. The number of carbonyl (C=O) groups excluding carboxylic acids is 1. The number of allylic oxidation sites excluding steroid dienone is 1. The van der Waals surface area contributed by atoms with Crippen LogP contribution < -0.4 is 15.4 Å². The van der Waals surface area contributed by atoms with Crippen LogP contribution in [0, 0.1) is 10.1 Å². The van der Waals surface area contributed by atoms with E-state index in [-0.39, 0.29) is 11.6 Å². The smallest absolute Gasteiger partial charge is 0.270 e. The quantitative estimate of drug-likeness (QED) is 0.267. The molecule has 0 saturated heterocycles. The van der Waals surface area contributed by atoms with Crippen molar-refractivity contribution in [2.45, 2.75) is 19.9 Å². The van der Waals surface area contributed by atoms with Crippen LogP contribution in [0.1, 0.15) is 25.5 Å². The lowest BCUT2D eigenvalue weighted by molar-refractivity contribution is -0.384. The van der Waals surface area contributed by atoms with Crippen LogP contribution in [-0.2, 0) is 4.79 Å². The zero-order valence-corrected chi connectivity index (χ0v) is 20.2. The predicted octanol–water partition coefficient (Wildman–Crippen LogP) is 5.18. The van der Waals surface area contributed by atoms with Crippen molar-refractivity contribution >= 4 is 23.2 Å². The number of hydrogen-bond acceptors (Lipinski definition) is 7. The number of anilines is 2. The molecule has 37 heavy (non-hydrogen) atoms. The van der Waals surface area contributed by atoms with E-state index in [0.29, 0.717) is 46.7 Å². The molecule has 0 saturated carbocycles. The highest BCUT2D eigenvalue weighted by Gasteiger charge is 2.34. The fraction of sp³-hybridized carbons (Fsp3) is 0.148. The average molecular weight is 497 g/mol. The summed E-state index contributed by atoms with van der Waals surface area (Å²) in [5.74, 6) is 1.16. The molecule has 3 aromatic carbocycles. The highest BCUT2D eigenvalue weighted by molar-refractivity contribution is 6.06. The first-order valence-corrected chi connectivity index (χ1v) is 11.7. The number of ether oxygens (including phenoxy) is 1. The molecule has 1 aliphatic heterocycles. The van der Waals surface area contributed by atoms with Crippen LogP contribution in [0.25, 0.3) is 11.4 Å². The summed E-state index contributed by atoms with van der Waals surface area (Å²) in [7, 11) is 0. The number of amides is 1. The Balaban J connectivity index is 1.59. The number of non-ortho nitro benzene ring substituents is 1. The maximum atomic E-state index is 13.6. The van der Waals surface area contributed by atoms with Gasteiger partial charge in [-0.2, -0.15) is 4.98 Å². The molecular formula is C27H24N6O4. The number of nitro groups is 1. The molecule has 0 fully saturated rings. The van der Waals surface area contributed by atoms with Crippen molar-refractivity contribution in [2.75, 3.05) is 17.2 Å². The van der Waals surface area contributed by atoms with Gasteiger partial charge in [0.15, 0.2) is 5.82 Å². The van der Waals surface area contributed by atoms with Gasteiger partial charge in [-0.3, -0.25) is 14.9 Å². The van der Waals surface area contributed by atoms with Gasteiger partial charge in [-0.25, -0.2) is 4.68 Å². The van der Waals surface area contributed by atoms with Crippen LogP contribution in [-0.4, -0.2) is 32.2 Å². The molecule has 2 heterocycles. The normalized spacial score (nSPS) is 14.5. The van der Waals surface area contributed by atoms with Crippen LogP contribution >= 0.6 is 0 Å². The Bertz CT molecular complexity index is 1500. The number of fused-ring (bicyclic) bond motifs is 1. The van der Waals surface area contributed by atoms with E-state index in [2.05, 4.69) is 20.7 Å². The maximum absolute atomic E-state index is 13.6. The van der Waals surface area contributed by atoms with Gasteiger partial charge in [-0.05, 0) is 43.7 Å². The number of aromatic nitrogens is 3. The van der Waals surface area contributed by atoms with Crippen molar-refractivity contribution in [3.05, 3.63) is 106 Å². The van der Waals surface area contributed by atoms with E-state index < -0.39 is 11.0 Å². The Morgan fingerprint density at radius 2 is 1.86 bits per heavy atom. The van der Waals surface area contributed by atoms with E-state index >= 15 is 0 Å². The lowest BCUT2D eigenvalue weighted by Crippen LogP contribution is -2.31. The molecule has 1 unspecified atom stereocenters. The molecule has 0 spiro atoms. The van der Waals surface area contributed by atoms with Gasteiger partial charge < -0.3 is 15.4 Å². The lowest BCUT2D eigenvalue weighted by Gasteiger charge is -2.28. The molecule has 1 aromatic heterocycles. The van der Waals surface area contributed by atoms with E-state index in [1.165, 1.54) is 12.1 Å². The van der Waals surface area contributed by atoms with Gasteiger partial charge >= 0.3 is 0 Å². The Hall–Kier alpha value is -4.99. The summed E-state index contributed by atoms with van der Waals surface area (Å²) in [6.45, 7) is 4.26. The van der Waals surface area contributed by atoms with Crippen LogP contribution in [0.5, 0.6) is 5.75 Å². The first-order valence-electron chi connectivity index (χ1n) is 11.7. The van der Waals surface area contributed by atoms with Crippen LogP contribution in [0.4, 0.5) is 17.3 Å². The van der Waals surface area contributed by atoms with Gasteiger partial charge in [-0.1, -0.05) is 42.5 Å². The minimum absolute atomic E-state index is 0.0569. The number of hydrogen-bond donors (Lipinski definition) is 2. The number of para-hydroxylation sites is 1. The van der Waals surface area contributed by atoms with E-state index in [1.807, 2.05) is 68.4 Å². The molecule has 1 amide bonds. The van der Waals surface area contributed by atoms with Gasteiger partial charge in [0, 0.05) is 29.1 Å². The van der Waals surface area contributed by atoms with E-state index in [9.17, 15) is 14.9 Å². The molecule has 1 atom stereocenters. The Kier molecular flexibility index (Phi) is 6.38. The number of nitrogens with one attached hydrogen (secondary N) is 2. The summed E-state index contributed by atoms with van der Waals surface area (Å²) in [5, 5.41) is 22.1. The second kappa shape index (κ2) is 9.94. The number of rotatable bonds is 7. The number of carbonyl (C=O) groups is 1. The van der Waals surface area contributed by atoms with Gasteiger partial charge in [0.2, 0.25) is 5.95 Å². The van der Waals surface area contributed by atoms with Crippen molar-refractivity contribution in [3.8, 4) is 17.1 Å². The average Bonchev–Trinajstić information content (AvgIpc) is 3.33. The zero-order valence-electron chi connectivity index (χ0n) is 20.2. The number of nitrogens with zero attached hydrogens (tertiary/aromatic N) is 4. The minimum Gasteiger partial charge on any atom is -0.494 e. The van der Waals surface area contributed by atoms with Gasteiger partial charge in [0.1, 0.15) is 11.8 Å². The highest BCUT2D eigenvalue weighted by atomic mass is 16.6. The fourth-order valence-electron chi connectivity index (χ4n) is 4.27. The molecule has 2 N–H and O–H groups in total. The van der Waals surface area contributed by atoms with Crippen molar-refractivity contribution < 1.29 is 14.5 Å². The summed E-state index contributed by atoms with van der Waals surface area (Å²) >= 11 is 0. The van der Waals surface area contributed by atoms with Crippen molar-refractivity contribution in [1.29, 1.82) is 0 Å². The van der Waals surface area contributed by atoms with Crippen molar-refractivity contribution in [1.82, 2.24) is 14.8 Å². The van der Waals surface area contributed by atoms with Gasteiger partial charge in [-0.15, -0.1) is 5.10 Å². The monoisotopic (exact) mass is 496 g/mol. The molecule has 4 aromatic rings. The Labute approximate surface area is 212 Å². The topological polar surface area (TPSA) is 124 Å². The largest absolute Gasteiger partial charge is 0.494 e. The van der Waals surface area contributed by atoms with E-state index in [0.717, 1.165) is 5.56 Å². The summed E-state index contributed by atoms with van der Waals surface area (Å²) in [6.07, 6.45) is 0. The summed E-state index contributed by atoms with van der Waals surface area (Å²) in [5.41, 5.74) is 3.00. The van der Waals surface area contributed by atoms with Gasteiger partial charge in [0.25, 0.3) is 11.6 Å². The standard InChI is InChI=1S/C27H24N6O4/c1-3-37-22-14-12-18(13-15-22)24-23(26(34)29-20-9-5-4-6-10-20)17(2)28-27-30-25(31-32(24)27)19-8-7-11-21(16-19)33(35)36/h4-16,24H,3H2,1-2H3,(H,29,34)(H,28,30,31). The molecular weight excluding hydrogens is 472 g/mol. The third-order valence-electron chi connectivity index (χ3n) is 5.95. The minimum atomic E-state index is -0.601. The molecule has 0 bridgehead atoms. The molecule has 0 aliphatic carbocycles. The van der Waals surface area contributed by atoms with Crippen molar-refractivity contribution in [2.24, 2.45) is 0 Å². The molecule has 0 radical (unpaired) electrons. The van der Waals surface area contributed by atoms with E-state index in [1.54, 1.807) is 16.8 Å². The Morgan fingerprint density at radius 3 is 2.57 bits per heavy atom. The second-order valence-corrected chi connectivity index (χ2v) is 8.40. The van der Waals surface area contributed by atoms with Crippen LogP contribution in [0.15, 0.2) is 90.1 Å². The molecule has 5 rings (SSSR count). The summed E-state index contributed by atoms with van der Waals surface area (Å²) < 4.78 is 7.23.